The van der Waals surface area contributed by atoms with Gasteiger partial charge in [-0.2, -0.15) is 0 Å². The van der Waals surface area contributed by atoms with Crippen LogP contribution in [0.3, 0.4) is 0 Å². The van der Waals surface area contributed by atoms with Crippen LogP contribution in [0.4, 0.5) is 5.69 Å². The fourth-order valence-electron chi connectivity index (χ4n) is 2.32. The zero-order valence-corrected chi connectivity index (χ0v) is 15.0. The SMILES string of the molecule is CC(C)c1cccc(NC(=O)c2ccc(SCc3ccncc3)o2)c1. The summed E-state index contributed by atoms with van der Waals surface area (Å²) in [5.41, 5.74) is 3.12. The van der Waals surface area contributed by atoms with Crippen molar-refractivity contribution < 1.29 is 9.21 Å². The maximum Gasteiger partial charge on any atom is 0.291 e. The Kier molecular flexibility index (Phi) is 5.56. The minimum Gasteiger partial charge on any atom is -0.445 e. The molecule has 0 unspecified atom stereocenters. The molecule has 3 aromatic rings. The highest BCUT2D eigenvalue weighted by molar-refractivity contribution is 7.98. The van der Waals surface area contributed by atoms with Gasteiger partial charge in [0.1, 0.15) is 0 Å². The van der Waals surface area contributed by atoms with E-state index in [9.17, 15) is 4.79 Å². The predicted molar refractivity (Wildman–Crippen MR) is 101 cm³/mol. The molecule has 5 heteroatoms. The van der Waals surface area contributed by atoms with E-state index in [1.165, 1.54) is 5.56 Å². The summed E-state index contributed by atoms with van der Waals surface area (Å²) in [5.74, 6) is 1.26. The molecule has 0 fully saturated rings. The quantitative estimate of drug-likeness (QED) is 0.608. The third-order valence-corrected chi connectivity index (χ3v) is 4.73. The molecule has 0 spiro atoms. The van der Waals surface area contributed by atoms with Crippen molar-refractivity contribution >= 4 is 23.4 Å². The number of hydrogen-bond donors (Lipinski definition) is 1. The van der Waals surface area contributed by atoms with Crippen molar-refractivity contribution in [3.05, 3.63) is 77.8 Å². The van der Waals surface area contributed by atoms with Crippen LogP contribution in [0, 0.1) is 0 Å². The van der Waals surface area contributed by atoms with Crippen LogP contribution in [0.25, 0.3) is 0 Å². The van der Waals surface area contributed by atoms with Gasteiger partial charge in [0.15, 0.2) is 10.9 Å². The highest BCUT2D eigenvalue weighted by Gasteiger charge is 2.12. The Balaban J connectivity index is 1.61. The molecule has 25 heavy (non-hydrogen) atoms. The van der Waals surface area contributed by atoms with Crippen LogP contribution in [-0.4, -0.2) is 10.9 Å². The second kappa shape index (κ2) is 8.03. The number of aromatic nitrogens is 1. The fraction of sp³-hybridized carbons (Fsp3) is 0.200. The van der Waals surface area contributed by atoms with E-state index in [0.29, 0.717) is 11.7 Å². The minimum absolute atomic E-state index is 0.239. The van der Waals surface area contributed by atoms with Gasteiger partial charge in [-0.1, -0.05) is 37.7 Å². The second-order valence-electron chi connectivity index (χ2n) is 6.00. The maximum absolute atomic E-state index is 12.4. The van der Waals surface area contributed by atoms with Gasteiger partial charge in [0.2, 0.25) is 0 Å². The zero-order chi connectivity index (χ0) is 17.6. The van der Waals surface area contributed by atoms with E-state index in [1.54, 1.807) is 30.2 Å². The molecule has 0 saturated heterocycles. The molecule has 128 valence electrons. The largest absolute Gasteiger partial charge is 0.445 e. The lowest BCUT2D eigenvalue weighted by Gasteiger charge is -2.08. The fourth-order valence-corrected chi connectivity index (χ4v) is 3.14. The molecule has 0 atom stereocenters. The van der Waals surface area contributed by atoms with Crippen LogP contribution in [0.1, 0.15) is 41.4 Å². The van der Waals surface area contributed by atoms with Crippen molar-refractivity contribution in [1.82, 2.24) is 4.98 Å². The summed E-state index contributed by atoms with van der Waals surface area (Å²) >= 11 is 1.55. The second-order valence-corrected chi connectivity index (χ2v) is 6.98. The van der Waals surface area contributed by atoms with E-state index in [4.69, 9.17) is 4.42 Å². The van der Waals surface area contributed by atoms with Gasteiger partial charge in [-0.25, -0.2) is 0 Å². The van der Waals surface area contributed by atoms with Crippen molar-refractivity contribution in [2.45, 2.75) is 30.6 Å². The molecule has 0 aliphatic carbocycles. The number of hydrogen-bond acceptors (Lipinski definition) is 4. The molecule has 3 rings (SSSR count). The summed E-state index contributed by atoms with van der Waals surface area (Å²) in [4.78, 5) is 16.4. The number of carbonyl (C=O) groups is 1. The Morgan fingerprint density at radius 1 is 1.16 bits per heavy atom. The van der Waals surface area contributed by atoms with Crippen molar-refractivity contribution in [3.63, 3.8) is 0 Å². The van der Waals surface area contributed by atoms with E-state index in [-0.39, 0.29) is 5.91 Å². The molecule has 0 saturated carbocycles. The van der Waals surface area contributed by atoms with Gasteiger partial charge in [-0.05, 0) is 53.4 Å². The standard InChI is InChI=1S/C20H20N2O2S/c1-14(2)16-4-3-5-17(12-16)22-20(23)18-6-7-19(24-18)25-13-15-8-10-21-11-9-15/h3-12,14H,13H2,1-2H3,(H,22,23). The highest BCUT2D eigenvalue weighted by atomic mass is 32.2. The number of carbonyl (C=O) groups excluding carboxylic acids is 1. The molecule has 2 heterocycles. The lowest BCUT2D eigenvalue weighted by Crippen LogP contribution is -2.11. The number of benzene rings is 1. The van der Waals surface area contributed by atoms with Crippen molar-refractivity contribution in [2.24, 2.45) is 0 Å². The third-order valence-electron chi connectivity index (χ3n) is 3.75. The van der Waals surface area contributed by atoms with E-state index >= 15 is 0 Å². The average molecular weight is 352 g/mol. The number of amides is 1. The zero-order valence-electron chi connectivity index (χ0n) is 14.2. The van der Waals surface area contributed by atoms with Crippen molar-refractivity contribution in [3.8, 4) is 0 Å². The number of anilines is 1. The number of furan rings is 1. The summed E-state index contributed by atoms with van der Waals surface area (Å²) in [6, 6.07) is 15.3. The monoisotopic (exact) mass is 352 g/mol. The number of rotatable bonds is 6. The normalized spacial score (nSPS) is 10.8. The first kappa shape index (κ1) is 17.3. The predicted octanol–water partition coefficient (Wildman–Crippen LogP) is 5.34. The van der Waals surface area contributed by atoms with Gasteiger partial charge in [-0.3, -0.25) is 9.78 Å². The smallest absolute Gasteiger partial charge is 0.291 e. The Hall–Kier alpha value is -2.53. The minimum atomic E-state index is -0.239. The topological polar surface area (TPSA) is 55.1 Å². The molecular formula is C20H20N2O2S. The van der Waals surface area contributed by atoms with Crippen LogP contribution >= 0.6 is 11.8 Å². The number of nitrogens with zero attached hydrogens (tertiary/aromatic N) is 1. The molecule has 0 bridgehead atoms. The molecule has 1 amide bonds. The van der Waals surface area contributed by atoms with Gasteiger partial charge in [0.25, 0.3) is 5.91 Å². The number of thioether (sulfide) groups is 1. The molecule has 0 aliphatic rings. The Labute approximate surface area is 151 Å². The van der Waals surface area contributed by atoms with Crippen LogP contribution in [0.5, 0.6) is 0 Å². The van der Waals surface area contributed by atoms with Gasteiger partial charge >= 0.3 is 0 Å². The number of pyridine rings is 1. The first-order chi connectivity index (χ1) is 12.1. The third kappa shape index (κ3) is 4.73. The first-order valence-corrected chi connectivity index (χ1v) is 9.13. The molecule has 1 aromatic carbocycles. The molecule has 1 N–H and O–H groups in total. The van der Waals surface area contributed by atoms with E-state index in [2.05, 4.69) is 30.2 Å². The first-order valence-electron chi connectivity index (χ1n) is 8.14. The van der Waals surface area contributed by atoms with Crippen molar-refractivity contribution in [1.29, 1.82) is 0 Å². The Bertz CT molecular complexity index is 844. The molecule has 4 nitrogen and oxygen atoms in total. The maximum atomic E-state index is 12.4. The van der Waals surface area contributed by atoms with Gasteiger partial charge in [0.05, 0.1) is 0 Å². The van der Waals surface area contributed by atoms with E-state index < -0.39 is 0 Å². The Morgan fingerprint density at radius 3 is 2.72 bits per heavy atom. The van der Waals surface area contributed by atoms with Crippen LogP contribution in [-0.2, 0) is 5.75 Å². The molecule has 0 radical (unpaired) electrons. The van der Waals surface area contributed by atoms with Gasteiger partial charge in [0, 0.05) is 23.8 Å². The summed E-state index contributed by atoms with van der Waals surface area (Å²) in [6.07, 6.45) is 3.53. The summed E-state index contributed by atoms with van der Waals surface area (Å²) in [5, 5.41) is 3.61. The lowest BCUT2D eigenvalue weighted by atomic mass is 10.0. The number of nitrogens with one attached hydrogen (secondary N) is 1. The van der Waals surface area contributed by atoms with E-state index in [1.807, 2.05) is 36.4 Å². The summed E-state index contributed by atoms with van der Waals surface area (Å²) in [7, 11) is 0. The lowest BCUT2D eigenvalue weighted by molar-refractivity contribution is 0.0992. The van der Waals surface area contributed by atoms with Crippen LogP contribution in [0.15, 0.2) is 70.4 Å². The summed E-state index contributed by atoms with van der Waals surface area (Å²) in [6.45, 7) is 4.25. The summed E-state index contributed by atoms with van der Waals surface area (Å²) < 4.78 is 5.65. The molecule has 2 aromatic heterocycles. The Morgan fingerprint density at radius 2 is 1.96 bits per heavy atom. The average Bonchev–Trinajstić information content (AvgIpc) is 3.10. The molecular weight excluding hydrogens is 332 g/mol. The van der Waals surface area contributed by atoms with E-state index in [0.717, 1.165) is 22.1 Å². The molecule has 0 aliphatic heterocycles. The van der Waals surface area contributed by atoms with Crippen molar-refractivity contribution in [2.75, 3.05) is 5.32 Å². The highest BCUT2D eigenvalue weighted by Crippen LogP contribution is 2.25. The van der Waals surface area contributed by atoms with Crippen LogP contribution < -0.4 is 5.32 Å². The van der Waals surface area contributed by atoms with Gasteiger partial charge < -0.3 is 9.73 Å². The van der Waals surface area contributed by atoms with Gasteiger partial charge in [-0.15, -0.1) is 0 Å². The van der Waals surface area contributed by atoms with Crippen LogP contribution in [0.2, 0.25) is 0 Å².